The summed E-state index contributed by atoms with van der Waals surface area (Å²) < 4.78 is 13.0. The summed E-state index contributed by atoms with van der Waals surface area (Å²) in [5.41, 5.74) is 3.48. The summed E-state index contributed by atoms with van der Waals surface area (Å²) in [6, 6.07) is 5.26. The first-order valence-corrected chi connectivity index (χ1v) is 8.20. The number of anilines is 1. The Morgan fingerprint density at radius 1 is 1.25 bits per heavy atom. The summed E-state index contributed by atoms with van der Waals surface area (Å²) in [5, 5.41) is 4.74. The van der Waals surface area contributed by atoms with Crippen LogP contribution in [0.2, 0.25) is 0 Å². The molecular formula is C16H23FN5O2+. The number of halogens is 1. The highest BCUT2D eigenvalue weighted by molar-refractivity contribution is 5.96. The molecule has 0 radical (unpaired) electrons. The Morgan fingerprint density at radius 2 is 1.92 bits per heavy atom. The average Bonchev–Trinajstić information content (AvgIpc) is 2.90. The minimum atomic E-state index is -0.339. The summed E-state index contributed by atoms with van der Waals surface area (Å²) in [7, 11) is 2.13. The summed E-state index contributed by atoms with van der Waals surface area (Å²) in [4.78, 5) is 27.2. The Balaban J connectivity index is 1.50. The van der Waals surface area contributed by atoms with Crippen molar-refractivity contribution in [3.05, 3.63) is 30.1 Å². The number of benzene rings is 1. The van der Waals surface area contributed by atoms with E-state index in [9.17, 15) is 14.0 Å². The van der Waals surface area contributed by atoms with E-state index in [4.69, 9.17) is 0 Å². The number of rotatable bonds is 3. The van der Waals surface area contributed by atoms with Crippen LogP contribution < -0.4 is 20.5 Å². The summed E-state index contributed by atoms with van der Waals surface area (Å²) >= 11 is 0. The molecule has 0 spiro atoms. The third-order valence-electron chi connectivity index (χ3n) is 4.48. The molecule has 130 valence electrons. The molecule has 0 aromatic heterocycles. The molecule has 0 aliphatic carbocycles. The number of carbonyl (C=O) groups excluding carboxylic acids is 2. The van der Waals surface area contributed by atoms with Gasteiger partial charge in [-0.3, -0.25) is 10.2 Å². The first kappa shape index (κ1) is 16.7. The van der Waals surface area contributed by atoms with Crippen molar-refractivity contribution in [3.8, 4) is 0 Å². The van der Waals surface area contributed by atoms with E-state index in [0.717, 1.165) is 26.2 Å². The van der Waals surface area contributed by atoms with E-state index in [1.54, 1.807) is 17.0 Å². The van der Waals surface area contributed by atoms with Crippen LogP contribution in [0.3, 0.4) is 0 Å². The fourth-order valence-electron chi connectivity index (χ4n) is 3.04. The lowest BCUT2D eigenvalue weighted by Crippen LogP contribution is -3.12. The van der Waals surface area contributed by atoms with E-state index in [2.05, 4.69) is 17.8 Å². The summed E-state index contributed by atoms with van der Waals surface area (Å²) in [5.74, 6) is -0.413. The highest BCUT2D eigenvalue weighted by Crippen LogP contribution is 2.21. The number of hydrogen-bond acceptors (Lipinski definition) is 3. The molecule has 0 bridgehead atoms. The number of likely N-dealkylation sites (N-methyl/N-ethyl adjacent to an activating group) is 1. The monoisotopic (exact) mass is 336 g/mol. The van der Waals surface area contributed by atoms with Crippen LogP contribution in [0, 0.1) is 5.82 Å². The Labute approximate surface area is 140 Å². The molecule has 7 nitrogen and oxygen atoms in total. The van der Waals surface area contributed by atoms with Gasteiger partial charge in [0.2, 0.25) is 5.91 Å². The van der Waals surface area contributed by atoms with Crippen molar-refractivity contribution in [1.82, 2.24) is 15.8 Å². The SMILES string of the molecule is C[NH+]1CCN(NC(=O)N[C@@H]2CC(=O)N(c3ccc(F)cc3)C2)CC1. The number of quaternary nitrogens is 1. The van der Waals surface area contributed by atoms with Gasteiger partial charge in [-0.15, -0.1) is 0 Å². The molecule has 0 unspecified atom stereocenters. The minimum Gasteiger partial charge on any atom is -0.335 e. The number of nitrogens with one attached hydrogen (secondary N) is 3. The molecule has 2 heterocycles. The van der Waals surface area contributed by atoms with E-state index in [1.165, 1.54) is 17.0 Å². The van der Waals surface area contributed by atoms with Crippen molar-refractivity contribution in [2.45, 2.75) is 12.5 Å². The van der Waals surface area contributed by atoms with Gasteiger partial charge in [-0.25, -0.2) is 14.2 Å². The predicted molar refractivity (Wildman–Crippen MR) is 87.0 cm³/mol. The molecule has 2 aliphatic heterocycles. The van der Waals surface area contributed by atoms with Gasteiger partial charge < -0.3 is 15.1 Å². The molecule has 1 aromatic carbocycles. The average molecular weight is 336 g/mol. The molecule has 3 rings (SSSR count). The maximum atomic E-state index is 13.0. The van der Waals surface area contributed by atoms with Gasteiger partial charge in [0.25, 0.3) is 0 Å². The first-order chi connectivity index (χ1) is 11.5. The zero-order chi connectivity index (χ0) is 17.1. The van der Waals surface area contributed by atoms with Crippen LogP contribution in [0.4, 0.5) is 14.9 Å². The zero-order valence-electron chi connectivity index (χ0n) is 13.7. The number of nitrogens with zero attached hydrogens (tertiary/aromatic N) is 2. The number of piperazine rings is 1. The van der Waals surface area contributed by atoms with Crippen LogP contribution in [0.5, 0.6) is 0 Å². The van der Waals surface area contributed by atoms with Crippen LogP contribution in [0.1, 0.15) is 6.42 Å². The second-order valence-electron chi connectivity index (χ2n) is 6.41. The molecule has 2 aliphatic rings. The van der Waals surface area contributed by atoms with E-state index in [-0.39, 0.29) is 30.2 Å². The number of amides is 3. The van der Waals surface area contributed by atoms with Gasteiger partial charge in [0.05, 0.1) is 39.3 Å². The van der Waals surface area contributed by atoms with Crippen molar-refractivity contribution >= 4 is 17.6 Å². The predicted octanol–water partition coefficient (Wildman–Crippen LogP) is -1.02. The Kier molecular flexibility index (Phi) is 4.96. The fraction of sp³-hybridized carbons (Fsp3) is 0.500. The van der Waals surface area contributed by atoms with E-state index < -0.39 is 0 Å². The number of carbonyl (C=O) groups is 2. The standard InChI is InChI=1S/C16H22FN5O2/c1-20-6-8-21(9-7-20)19-16(24)18-13-10-15(23)22(11-13)14-4-2-12(17)3-5-14/h2-5,13H,6-11H2,1H3,(H2,18,19,24)/p+1/t13-/m1/s1. The lowest BCUT2D eigenvalue weighted by molar-refractivity contribution is -0.884. The normalized spacial score (nSPS) is 22.7. The topological polar surface area (TPSA) is 69.1 Å². The van der Waals surface area contributed by atoms with Crippen molar-refractivity contribution in [3.63, 3.8) is 0 Å². The van der Waals surface area contributed by atoms with E-state index >= 15 is 0 Å². The van der Waals surface area contributed by atoms with Gasteiger partial charge in [0.15, 0.2) is 0 Å². The van der Waals surface area contributed by atoms with Crippen LogP contribution in [0.15, 0.2) is 24.3 Å². The molecule has 3 amide bonds. The van der Waals surface area contributed by atoms with Crippen molar-refractivity contribution < 1.29 is 18.9 Å². The van der Waals surface area contributed by atoms with Gasteiger partial charge >= 0.3 is 6.03 Å². The van der Waals surface area contributed by atoms with Crippen LogP contribution in [-0.2, 0) is 4.79 Å². The highest BCUT2D eigenvalue weighted by Gasteiger charge is 2.32. The van der Waals surface area contributed by atoms with E-state index in [1.807, 2.05) is 5.01 Å². The first-order valence-electron chi connectivity index (χ1n) is 8.20. The lowest BCUT2D eigenvalue weighted by atomic mass is 10.2. The summed E-state index contributed by atoms with van der Waals surface area (Å²) in [6.45, 7) is 3.99. The van der Waals surface area contributed by atoms with Crippen molar-refractivity contribution in [2.75, 3.05) is 44.7 Å². The Hall–Kier alpha value is -2.19. The molecular weight excluding hydrogens is 313 g/mol. The molecule has 2 fully saturated rings. The highest BCUT2D eigenvalue weighted by atomic mass is 19.1. The van der Waals surface area contributed by atoms with Crippen LogP contribution in [0.25, 0.3) is 0 Å². The maximum absolute atomic E-state index is 13.0. The molecule has 0 saturated carbocycles. The Morgan fingerprint density at radius 3 is 2.58 bits per heavy atom. The molecule has 8 heteroatoms. The quantitative estimate of drug-likeness (QED) is 0.662. The number of urea groups is 1. The van der Waals surface area contributed by atoms with Crippen LogP contribution >= 0.6 is 0 Å². The molecule has 3 N–H and O–H groups in total. The van der Waals surface area contributed by atoms with Crippen molar-refractivity contribution in [2.24, 2.45) is 0 Å². The molecule has 2 saturated heterocycles. The smallest absolute Gasteiger partial charge is 0.329 e. The van der Waals surface area contributed by atoms with Gasteiger partial charge in [0, 0.05) is 18.7 Å². The molecule has 1 aromatic rings. The van der Waals surface area contributed by atoms with Crippen molar-refractivity contribution in [1.29, 1.82) is 0 Å². The van der Waals surface area contributed by atoms with Crippen LogP contribution in [-0.4, -0.2) is 62.8 Å². The number of hydrazine groups is 1. The maximum Gasteiger partial charge on any atom is 0.329 e. The fourth-order valence-corrected chi connectivity index (χ4v) is 3.04. The minimum absolute atomic E-state index is 0.0740. The third-order valence-corrected chi connectivity index (χ3v) is 4.48. The van der Waals surface area contributed by atoms with E-state index in [0.29, 0.717) is 12.2 Å². The lowest BCUT2D eigenvalue weighted by Gasteiger charge is -2.30. The molecule has 1 atom stereocenters. The zero-order valence-corrected chi connectivity index (χ0v) is 13.7. The van der Waals surface area contributed by atoms with Gasteiger partial charge in [-0.2, -0.15) is 0 Å². The third kappa shape index (κ3) is 4.01. The second-order valence-corrected chi connectivity index (χ2v) is 6.41. The molecule has 24 heavy (non-hydrogen) atoms. The van der Waals surface area contributed by atoms with Gasteiger partial charge in [0.1, 0.15) is 5.82 Å². The second kappa shape index (κ2) is 7.14. The number of hydrogen-bond donors (Lipinski definition) is 3. The Bertz CT molecular complexity index is 601. The van der Waals surface area contributed by atoms with Gasteiger partial charge in [-0.1, -0.05) is 0 Å². The largest absolute Gasteiger partial charge is 0.335 e. The summed E-state index contributed by atoms with van der Waals surface area (Å²) in [6.07, 6.45) is 0.248. The van der Waals surface area contributed by atoms with Gasteiger partial charge in [-0.05, 0) is 24.3 Å².